The molecule has 2 rings (SSSR count). The highest BCUT2D eigenvalue weighted by molar-refractivity contribution is 6.00. The van der Waals surface area contributed by atoms with Crippen molar-refractivity contribution < 1.29 is 23.5 Å². The molecule has 1 aliphatic heterocycles. The Bertz CT molecular complexity index is 541. The van der Waals surface area contributed by atoms with Crippen LogP contribution in [0.3, 0.4) is 0 Å². The summed E-state index contributed by atoms with van der Waals surface area (Å²) in [6.07, 6.45) is 0.0107. The number of halogens is 1. The molecule has 6 nitrogen and oxygen atoms in total. The lowest BCUT2D eigenvalue weighted by atomic mass is 10.0. The summed E-state index contributed by atoms with van der Waals surface area (Å²) in [7, 11) is 0. The number of esters is 1. The summed E-state index contributed by atoms with van der Waals surface area (Å²) < 4.78 is 17.6. The second-order valence-electron chi connectivity index (χ2n) is 4.54. The Morgan fingerprint density at radius 2 is 2.05 bits per heavy atom. The van der Waals surface area contributed by atoms with Crippen molar-refractivity contribution >= 4 is 17.9 Å². The first-order valence-electron chi connectivity index (χ1n) is 6.53. The number of rotatable bonds is 4. The molecule has 0 radical (unpaired) electrons. The van der Waals surface area contributed by atoms with Gasteiger partial charge in [0.1, 0.15) is 12.4 Å². The van der Waals surface area contributed by atoms with E-state index in [0.717, 1.165) is 4.90 Å². The molecule has 1 fully saturated rings. The van der Waals surface area contributed by atoms with Crippen molar-refractivity contribution in [3.8, 4) is 0 Å². The molecule has 0 aromatic heterocycles. The zero-order chi connectivity index (χ0) is 15.4. The molecular formula is C14H15FN2O4. The SMILES string of the molecule is CCOC(=O)CN1C(=O)CC(c2ccc(F)cc2)NC1=O. The van der Waals surface area contributed by atoms with Gasteiger partial charge in [-0.2, -0.15) is 0 Å². The third-order valence-electron chi connectivity index (χ3n) is 3.09. The number of ether oxygens (including phenoxy) is 1. The molecule has 21 heavy (non-hydrogen) atoms. The number of carbonyl (C=O) groups is 3. The third kappa shape index (κ3) is 3.56. The summed E-state index contributed by atoms with van der Waals surface area (Å²) in [5.74, 6) is -1.50. The van der Waals surface area contributed by atoms with Crippen LogP contribution in [0.5, 0.6) is 0 Å². The van der Waals surface area contributed by atoms with Gasteiger partial charge in [0.15, 0.2) is 0 Å². The molecule has 0 bridgehead atoms. The van der Waals surface area contributed by atoms with E-state index in [2.05, 4.69) is 5.32 Å². The van der Waals surface area contributed by atoms with Gasteiger partial charge in [-0.1, -0.05) is 12.1 Å². The van der Waals surface area contributed by atoms with E-state index in [1.165, 1.54) is 24.3 Å². The largest absolute Gasteiger partial charge is 0.465 e. The summed E-state index contributed by atoms with van der Waals surface area (Å²) in [4.78, 5) is 36.1. The van der Waals surface area contributed by atoms with E-state index in [1.807, 2.05) is 0 Å². The van der Waals surface area contributed by atoms with E-state index in [9.17, 15) is 18.8 Å². The number of urea groups is 1. The number of nitrogens with zero attached hydrogens (tertiary/aromatic N) is 1. The van der Waals surface area contributed by atoms with Crippen LogP contribution in [-0.2, 0) is 14.3 Å². The number of amides is 3. The predicted molar refractivity (Wildman–Crippen MR) is 70.6 cm³/mol. The monoisotopic (exact) mass is 294 g/mol. The first-order chi connectivity index (χ1) is 10.0. The minimum absolute atomic E-state index is 0.0107. The molecule has 1 heterocycles. The standard InChI is InChI=1S/C14H15FN2O4/c1-2-21-13(19)8-17-12(18)7-11(16-14(17)20)9-3-5-10(15)6-4-9/h3-6,11H,2,7-8H2,1H3,(H,16,20). The second-order valence-corrected chi connectivity index (χ2v) is 4.54. The van der Waals surface area contributed by atoms with Crippen LogP contribution < -0.4 is 5.32 Å². The second kappa shape index (κ2) is 6.34. The van der Waals surface area contributed by atoms with Crippen LogP contribution in [0.15, 0.2) is 24.3 Å². The smallest absolute Gasteiger partial charge is 0.326 e. The van der Waals surface area contributed by atoms with Crippen LogP contribution in [-0.4, -0.2) is 36.0 Å². The molecule has 3 amide bonds. The number of hydrogen-bond donors (Lipinski definition) is 1. The molecule has 112 valence electrons. The molecule has 1 aromatic carbocycles. The highest BCUT2D eigenvalue weighted by Crippen LogP contribution is 2.22. The summed E-state index contributed by atoms with van der Waals surface area (Å²) in [5.41, 5.74) is 0.633. The zero-order valence-electron chi connectivity index (χ0n) is 11.5. The Hall–Kier alpha value is -2.44. The van der Waals surface area contributed by atoms with E-state index in [4.69, 9.17) is 4.74 Å². The van der Waals surface area contributed by atoms with Gasteiger partial charge in [-0.3, -0.25) is 14.5 Å². The molecule has 0 aliphatic carbocycles. The van der Waals surface area contributed by atoms with E-state index >= 15 is 0 Å². The predicted octanol–water partition coefficient (Wildman–Crippen LogP) is 1.37. The zero-order valence-corrected chi connectivity index (χ0v) is 11.5. The number of benzene rings is 1. The maximum absolute atomic E-state index is 12.9. The Morgan fingerprint density at radius 3 is 2.62 bits per heavy atom. The molecule has 1 N–H and O–H groups in total. The fourth-order valence-corrected chi connectivity index (χ4v) is 2.07. The Labute approximate surface area is 120 Å². The van der Waals surface area contributed by atoms with Crippen LogP contribution in [0, 0.1) is 5.82 Å². The molecule has 7 heteroatoms. The first-order valence-corrected chi connectivity index (χ1v) is 6.53. The van der Waals surface area contributed by atoms with Gasteiger partial charge in [-0.25, -0.2) is 9.18 Å². The van der Waals surface area contributed by atoms with Crippen molar-refractivity contribution in [2.75, 3.05) is 13.2 Å². The van der Waals surface area contributed by atoms with Gasteiger partial charge in [0.05, 0.1) is 19.1 Å². The normalized spacial score (nSPS) is 18.4. The number of imide groups is 1. The van der Waals surface area contributed by atoms with Crippen molar-refractivity contribution in [2.24, 2.45) is 0 Å². The van der Waals surface area contributed by atoms with Gasteiger partial charge in [-0.15, -0.1) is 0 Å². The molecule has 1 aliphatic rings. The van der Waals surface area contributed by atoms with Crippen molar-refractivity contribution in [1.82, 2.24) is 10.2 Å². The number of hydrogen-bond acceptors (Lipinski definition) is 4. The van der Waals surface area contributed by atoms with Gasteiger partial charge in [0, 0.05) is 0 Å². The van der Waals surface area contributed by atoms with E-state index in [-0.39, 0.29) is 13.0 Å². The van der Waals surface area contributed by atoms with Crippen molar-refractivity contribution in [1.29, 1.82) is 0 Å². The Morgan fingerprint density at radius 1 is 1.38 bits per heavy atom. The third-order valence-corrected chi connectivity index (χ3v) is 3.09. The maximum Gasteiger partial charge on any atom is 0.326 e. The van der Waals surface area contributed by atoms with Gasteiger partial charge in [-0.05, 0) is 24.6 Å². The van der Waals surface area contributed by atoms with Gasteiger partial charge >= 0.3 is 12.0 Å². The molecule has 1 atom stereocenters. The van der Waals surface area contributed by atoms with E-state index in [1.54, 1.807) is 6.92 Å². The van der Waals surface area contributed by atoms with E-state index < -0.39 is 36.3 Å². The molecular weight excluding hydrogens is 279 g/mol. The lowest BCUT2D eigenvalue weighted by molar-refractivity contribution is -0.147. The lowest BCUT2D eigenvalue weighted by Crippen LogP contribution is -2.53. The number of nitrogens with one attached hydrogen (secondary N) is 1. The Balaban J connectivity index is 2.05. The summed E-state index contributed by atoms with van der Waals surface area (Å²) >= 11 is 0. The van der Waals surface area contributed by atoms with Gasteiger partial charge in [0.25, 0.3) is 0 Å². The molecule has 0 saturated carbocycles. The topological polar surface area (TPSA) is 75.7 Å². The average molecular weight is 294 g/mol. The van der Waals surface area contributed by atoms with Crippen LogP contribution in [0.1, 0.15) is 24.9 Å². The molecule has 1 saturated heterocycles. The maximum atomic E-state index is 12.9. The number of carbonyl (C=O) groups excluding carboxylic acids is 3. The molecule has 0 spiro atoms. The average Bonchev–Trinajstić information content (AvgIpc) is 2.44. The van der Waals surface area contributed by atoms with Crippen LogP contribution >= 0.6 is 0 Å². The lowest BCUT2D eigenvalue weighted by Gasteiger charge is -2.30. The van der Waals surface area contributed by atoms with Crippen LogP contribution in [0.4, 0.5) is 9.18 Å². The molecule has 1 unspecified atom stereocenters. The van der Waals surface area contributed by atoms with Crippen molar-refractivity contribution in [3.63, 3.8) is 0 Å². The first kappa shape index (κ1) is 15.0. The highest BCUT2D eigenvalue weighted by Gasteiger charge is 2.34. The van der Waals surface area contributed by atoms with Gasteiger partial charge < -0.3 is 10.1 Å². The van der Waals surface area contributed by atoms with Crippen molar-refractivity contribution in [2.45, 2.75) is 19.4 Å². The van der Waals surface area contributed by atoms with Crippen molar-refractivity contribution in [3.05, 3.63) is 35.6 Å². The van der Waals surface area contributed by atoms with Crippen LogP contribution in [0.25, 0.3) is 0 Å². The fraction of sp³-hybridized carbons (Fsp3) is 0.357. The minimum atomic E-state index is -0.659. The van der Waals surface area contributed by atoms with Gasteiger partial charge in [0.2, 0.25) is 5.91 Å². The molecule has 1 aromatic rings. The summed E-state index contributed by atoms with van der Waals surface area (Å²) in [5, 5.41) is 2.62. The van der Waals surface area contributed by atoms with E-state index in [0.29, 0.717) is 5.56 Å². The summed E-state index contributed by atoms with van der Waals surface area (Å²) in [6, 6.07) is 4.36. The highest BCUT2D eigenvalue weighted by atomic mass is 19.1. The summed E-state index contributed by atoms with van der Waals surface area (Å²) in [6.45, 7) is 1.41. The minimum Gasteiger partial charge on any atom is -0.465 e. The quantitative estimate of drug-likeness (QED) is 0.851. The fourth-order valence-electron chi connectivity index (χ4n) is 2.07. The van der Waals surface area contributed by atoms with Crippen LogP contribution in [0.2, 0.25) is 0 Å². The Kier molecular flexibility index (Phi) is 4.52.